The van der Waals surface area contributed by atoms with Crippen LogP contribution in [0.2, 0.25) is 0 Å². The second-order valence-electron chi connectivity index (χ2n) is 3.97. The lowest BCUT2D eigenvalue weighted by molar-refractivity contribution is -0.129. The van der Waals surface area contributed by atoms with Gasteiger partial charge in [-0.05, 0) is 24.6 Å². The van der Waals surface area contributed by atoms with Crippen LogP contribution < -0.4 is 0 Å². The Morgan fingerprint density at radius 1 is 1.06 bits per heavy atom. The van der Waals surface area contributed by atoms with E-state index in [1.807, 2.05) is 31.2 Å². The first-order chi connectivity index (χ1) is 8.66. The van der Waals surface area contributed by atoms with Crippen molar-refractivity contribution in [1.82, 2.24) is 0 Å². The van der Waals surface area contributed by atoms with Gasteiger partial charge in [0.1, 0.15) is 0 Å². The first-order valence-corrected chi connectivity index (χ1v) is 5.61. The van der Waals surface area contributed by atoms with Gasteiger partial charge in [-0.25, -0.2) is 9.79 Å². The van der Waals surface area contributed by atoms with Gasteiger partial charge in [-0.2, -0.15) is 0 Å². The van der Waals surface area contributed by atoms with Crippen LogP contribution in [0.15, 0.2) is 59.6 Å². The van der Waals surface area contributed by atoms with Gasteiger partial charge >= 0.3 is 5.97 Å². The number of aryl methyl sites for hydroxylation is 1. The molecule has 0 aromatic heterocycles. The third-order valence-electron chi connectivity index (χ3n) is 2.49. The van der Waals surface area contributed by atoms with Gasteiger partial charge in [0.2, 0.25) is 0 Å². The van der Waals surface area contributed by atoms with Gasteiger partial charge in [-0.3, -0.25) is 0 Å². The second-order valence-corrected chi connectivity index (χ2v) is 3.97. The van der Waals surface area contributed by atoms with E-state index < -0.39 is 5.97 Å². The van der Waals surface area contributed by atoms with Crippen molar-refractivity contribution < 1.29 is 9.90 Å². The number of aliphatic carboxylic acids is 1. The molecule has 18 heavy (non-hydrogen) atoms. The molecule has 0 bridgehead atoms. The van der Waals surface area contributed by atoms with E-state index >= 15 is 0 Å². The van der Waals surface area contributed by atoms with Crippen molar-refractivity contribution in [2.24, 2.45) is 4.99 Å². The summed E-state index contributed by atoms with van der Waals surface area (Å²) in [4.78, 5) is 15.5. The molecule has 0 heterocycles. The van der Waals surface area contributed by atoms with Crippen LogP contribution in [0, 0.1) is 6.92 Å². The molecule has 0 saturated heterocycles. The van der Waals surface area contributed by atoms with Crippen molar-refractivity contribution in [2.75, 3.05) is 0 Å². The third kappa shape index (κ3) is 2.83. The first-order valence-electron chi connectivity index (χ1n) is 5.61. The van der Waals surface area contributed by atoms with Crippen molar-refractivity contribution in [1.29, 1.82) is 0 Å². The monoisotopic (exact) mass is 239 g/mol. The molecule has 0 spiro atoms. The van der Waals surface area contributed by atoms with E-state index in [1.165, 1.54) is 0 Å². The summed E-state index contributed by atoms with van der Waals surface area (Å²) < 4.78 is 0. The lowest BCUT2D eigenvalue weighted by Crippen LogP contribution is -2.13. The Hall–Kier alpha value is -2.42. The van der Waals surface area contributed by atoms with Crippen LogP contribution in [0.1, 0.15) is 11.1 Å². The summed E-state index contributed by atoms with van der Waals surface area (Å²) in [7, 11) is 0. The molecule has 90 valence electrons. The zero-order valence-electron chi connectivity index (χ0n) is 10.00. The maximum absolute atomic E-state index is 11.3. The van der Waals surface area contributed by atoms with Gasteiger partial charge in [0.05, 0.1) is 5.69 Å². The SMILES string of the molecule is Cc1cccc(N=C(C(=O)O)c2ccccc2)c1. The number of carboxylic acid groups (broad SMARTS) is 1. The fourth-order valence-electron chi connectivity index (χ4n) is 1.66. The molecular weight excluding hydrogens is 226 g/mol. The smallest absolute Gasteiger partial charge is 0.355 e. The standard InChI is InChI=1S/C15H13NO2/c1-11-6-5-9-13(10-11)16-14(15(17)18)12-7-3-2-4-8-12/h2-10H,1H3,(H,17,18). The minimum absolute atomic E-state index is 0.0567. The van der Waals surface area contributed by atoms with E-state index in [0.717, 1.165) is 5.56 Å². The van der Waals surface area contributed by atoms with Gasteiger partial charge in [-0.1, -0.05) is 42.5 Å². The molecule has 2 aromatic carbocycles. The molecule has 0 amide bonds. The predicted molar refractivity (Wildman–Crippen MR) is 71.5 cm³/mol. The summed E-state index contributed by atoms with van der Waals surface area (Å²) in [5, 5.41) is 9.23. The summed E-state index contributed by atoms with van der Waals surface area (Å²) in [6, 6.07) is 16.4. The summed E-state index contributed by atoms with van der Waals surface area (Å²) in [6.45, 7) is 1.95. The summed E-state index contributed by atoms with van der Waals surface area (Å²) in [6.07, 6.45) is 0. The van der Waals surface area contributed by atoms with Gasteiger partial charge in [0, 0.05) is 5.56 Å². The van der Waals surface area contributed by atoms with Crippen molar-refractivity contribution >= 4 is 17.4 Å². The Morgan fingerprint density at radius 3 is 2.39 bits per heavy atom. The molecule has 0 radical (unpaired) electrons. The Balaban J connectivity index is 2.46. The molecule has 0 aliphatic heterocycles. The molecule has 0 fully saturated rings. The zero-order valence-corrected chi connectivity index (χ0v) is 10.00. The number of carboxylic acids is 1. The first kappa shape index (κ1) is 12.0. The molecule has 1 N–H and O–H groups in total. The van der Waals surface area contributed by atoms with Crippen LogP contribution in [0.4, 0.5) is 5.69 Å². The van der Waals surface area contributed by atoms with Crippen molar-refractivity contribution in [3.63, 3.8) is 0 Å². The maximum atomic E-state index is 11.3. The number of hydrogen-bond donors (Lipinski definition) is 1. The van der Waals surface area contributed by atoms with Crippen LogP contribution in [-0.2, 0) is 4.79 Å². The second kappa shape index (κ2) is 5.27. The molecule has 2 aromatic rings. The van der Waals surface area contributed by atoms with E-state index in [-0.39, 0.29) is 5.71 Å². The van der Waals surface area contributed by atoms with E-state index in [1.54, 1.807) is 30.3 Å². The average Bonchev–Trinajstić information content (AvgIpc) is 2.37. The van der Waals surface area contributed by atoms with Gasteiger partial charge in [0.15, 0.2) is 5.71 Å². The zero-order chi connectivity index (χ0) is 13.0. The van der Waals surface area contributed by atoms with Crippen molar-refractivity contribution in [3.05, 3.63) is 65.7 Å². The topological polar surface area (TPSA) is 49.7 Å². The maximum Gasteiger partial charge on any atom is 0.355 e. The molecule has 0 saturated carbocycles. The molecule has 0 unspecified atom stereocenters. The van der Waals surface area contributed by atoms with Crippen molar-refractivity contribution in [2.45, 2.75) is 6.92 Å². The van der Waals surface area contributed by atoms with Gasteiger partial charge < -0.3 is 5.11 Å². The van der Waals surface area contributed by atoms with Gasteiger partial charge in [-0.15, -0.1) is 0 Å². The highest BCUT2D eigenvalue weighted by atomic mass is 16.4. The normalized spacial score (nSPS) is 11.3. The molecule has 3 heteroatoms. The molecule has 0 atom stereocenters. The predicted octanol–water partition coefficient (Wildman–Crippen LogP) is 3.20. The molecule has 0 aliphatic rings. The highest BCUT2D eigenvalue weighted by Gasteiger charge is 2.11. The average molecular weight is 239 g/mol. The quantitative estimate of drug-likeness (QED) is 0.836. The minimum Gasteiger partial charge on any atom is -0.476 e. The lowest BCUT2D eigenvalue weighted by Gasteiger charge is -2.02. The number of aliphatic imine (C=N–C) groups is 1. The minimum atomic E-state index is -1.03. The van der Waals surface area contributed by atoms with E-state index in [2.05, 4.69) is 4.99 Å². The number of benzene rings is 2. The third-order valence-corrected chi connectivity index (χ3v) is 2.49. The number of nitrogens with zero attached hydrogens (tertiary/aromatic N) is 1. The Kier molecular flexibility index (Phi) is 3.53. The van der Waals surface area contributed by atoms with E-state index in [0.29, 0.717) is 11.3 Å². The Labute approximate surface area is 105 Å². The van der Waals surface area contributed by atoms with Crippen LogP contribution in [-0.4, -0.2) is 16.8 Å². The summed E-state index contributed by atoms with van der Waals surface area (Å²) in [5.41, 5.74) is 2.36. The summed E-state index contributed by atoms with van der Waals surface area (Å²) in [5.74, 6) is -1.03. The number of hydrogen-bond acceptors (Lipinski definition) is 2. The van der Waals surface area contributed by atoms with E-state index in [9.17, 15) is 9.90 Å². The van der Waals surface area contributed by atoms with Crippen LogP contribution >= 0.6 is 0 Å². The lowest BCUT2D eigenvalue weighted by atomic mass is 10.1. The van der Waals surface area contributed by atoms with Crippen molar-refractivity contribution in [3.8, 4) is 0 Å². The van der Waals surface area contributed by atoms with Gasteiger partial charge in [0.25, 0.3) is 0 Å². The molecular formula is C15H13NO2. The number of carbonyl (C=O) groups is 1. The fraction of sp³-hybridized carbons (Fsp3) is 0.0667. The number of rotatable bonds is 3. The van der Waals surface area contributed by atoms with E-state index in [4.69, 9.17) is 0 Å². The molecule has 0 aliphatic carbocycles. The largest absolute Gasteiger partial charge is 0.476 e. The Morgan fingerprint density at radius 2 is 1.78 bits per heavy atom. The Bertz CT molecular complexity index is 588. The highest BCUT2D eigenvalue weighted by Crippen LogP contribution is 2.15. The van der Waals surface area contributed by atoms with Crippen LogP contribution in [0.3, 0.4) is 0 Å². The molecule has 3 nitrogen and oxygen atoms in total. The van der Waals surface area contributed by atoms with Crippen LogP contribution in [0.25, 0.3) is 0 Å². The highest BCUT2D eigenvalue weighted by molar-refractivity contribution is 6.43. The molecule has 2 rings (SSSR count). The fourth-order valence-corrected chi connectivity index (χ4v) is 1.66. The summed E-state index contributed by atoms with van der Waals surface area (Å²) >= 11 is 0. The van der Waals surface area contributed by atoms with Crippen LogP contribution in [0.5, 0.6) is 0 Å².